The number of hydrogen-bond donors (Lipinski definition) is 4. The molecule has 198 valence electrons. The maximum atomic E-state index is 13.1. The summed E-state index contributed by atoms with van der Waals surface area (Å²) < 4.78 is 0. The van der Waals surface area contributed by atoms with Crippen LogP contribution >= 0.6 is 0 Å². The first-order chi connectivity index (χ1) is 16.4. The zero-order chi connectivity index (χ0) is 26.6. The van der Waals surface area contributed by atoms with Crippen molar-refractivity contribution in [1.29, 1.82) is 0 Å². The Morgan fingerprint density at radius 2 is 1.83 bits per heavy atom. The van der Waals surface area contributed by atoms with E-state index in [9.17, 15) is 20.1 Å². The van der Waals surface area contributed by atoms with Crippen molar-refractivity contribution in [2.24, 2.45) is 17.3 Å². The van der Waals surface area contributed by atoms with Gasteiger partial charge in [-0.05, 0) is 82.1 Å². The van der Waals surface area contributed by atoms with Crippen molar-refractivity contribution in [3.05, 3.63) is 47.3 Å². The van der Waals surface area contributed by atoms with E-state index in [1.165, 1.54) is 5.57 Å². The van der Waals surface area contributed by atoms with Gasteiger partial charge in [0.25, 0.3) is 0 Å². The second-order valence-electron chi connectivity index (χ2n) is 10.4. The van der Waals surface area contributed by atoms with Gasteiger partial charge < -0.3 is 20.4 Å². The van der Waals surface area contributed by atoms with Crippen molar-refractivity contribution in [1.82, 2.24) is 4.98 Å². The van der Waals surface area contributed by atoms with E-state index in [-0.39, 0.29) is 24.7 Å². The summed E-state index contributed by atoms with van der Waals surface area (Å²) >= 11 is 0. The first kappa shape index (κ1) is 31.2. The second-order valence-corrected chi connectivity index (χ2v) is 10.4. The Hall–Kier alpha value is -1.86. The lowest BCUT2D eigenvalue weighted by molar-refractivity contribution is -0.143. The monoisotopic (exact) mass is 489 g/mol. The number of aliphatic hydroxyl groups excluding tert-OH is 4. The molecule has 0 unspecified atom stereocenters. The van der Waals surface area contributed by atoms with Crippen LogP contribution in [0.2, 0.25) is 0 Å². The third-order valence-electron chi connectivity index (χ3n) is 7.15. The van der Waals surface area contributed by atoms with Gasteiger partial charge in [0.1, 0.15) is 5.78 Å². The summed E-state index contributed by atoms with van der Waals surface area (Å²) in [5.74, 6) is -0.759. The van der Waals surface area contributed by atoms with Crippen LogP contribution in [0.3, 0.4) is 0 Å². The van der Waals surface area contributed by atoms with Gasteiger partial charge >= 0.3 is 0 Å². The lowest BCUT2D eigenvalue weighted by Gasteiger charge is -2.35. The smallest absolute Gasteiger partial charge is 0.146 e. The fourth-order valence-corrected chi connectivity index (χ4v) is 4.37. The molecule has 0 saturated heterocycles. The molecule has 0 bridgehead atoms. The molecule has 6 heteroatoms. The van der Waals surface area contributed by atoms with Gasteiger partial charge in [-0.2, -0.15) is 0 Å². The molecule has 0 radical (unpaired) electrons. The normalized spacial score (nSPS) is 17.5. The lowest BCUT2D eigenvalue weighted by Crippen LogP contribution is -2.45. The van der Waals surface area contributed by atoms with E-state index in [2.05, 4.69) is 18.0 Å². The number of aromatic nitrogens is 1. The van der Waals surface area contributed by atoms with Crippen LogP contribution in [0, 0.1) is 17.3 Å². The number of ketones is 1. The Morgan fingerprint density at radius 1 is 1.14 bits per heavy atom. The first-order valence-electron chi connectivity index (χ1n) is 12.9. The zero-order valence-corrected chi connectivity index (χ0v) is 22.4. The van der Waals surface area contributed by atoms with Crippen LogP contribution in [0.1, 0.15) is 85.8 Å². The Labute approximate surface area is 211 Å². The van der Waals surface area contributed by atoms with Crippen LogP contribution < -0.4 is 0 Å². The Kier molecular flexibility index (Phi) is 13.6. The van der Waals surface area contributed by atoms with E-state index in [0.717, 1.165) is 30.5 Å². The number of Topliss-reactive ketones (excluding diaryl/α,β-unsaturated/α-hetero) is 1. The van der Waals surface area contributed by atoms with Crippen LogP contribution in [0.4, 0.5) is 0 Å². The number of rotatable bonds is 16. The molecule has 0 aliphatic heterocycles. The van der Waals surface area contributed by atoms with Crippen molar-refractivity contribution in [2.75, 3.05) is 6.61 Å². The molecule has 0 fully saturated rings. The standard InChI is InChI=1S/C29H47NO5/c1-7-24(28(35)29(5,6)26(33)16-18-31)27(34)21(3)12-10-11-20(2)14-15-25(32)22(4)19-23-13-8-9-17-30-23/h8-9,13-14,17,19,21,24-27,31-34H,7,10-12,15-16,18H2,1-6H3/b20-14+,22-19+/t21-,24+,25-,26-,27-/m0/s1. The van der Waals surface area contributed by atoms with Gasteiger partial charge in [-0.15, -0.1) is 0 Å². The summed E-state index contributed by atoms with van der Waals surface area (Å²) in [7, 11) is 0. The van der Waals surface area contributed by atoms with E-state index in [1.807, 2.05) is 45.0 Å². The topological polar surface area (TPSA) is 111 Å². The average molecular weight is 490 g/mol. The molecule has 0 amide bonds. The van der Waals surface area contributed by atoms with E-state index in [0.29, 0.717) is 12.8 Å². The number of carbonyl (C=O) groups excluding carboxylic acids is 1. The van der Waals surface area contributed by atoms with E-state index in [4.69, 9.17) is 5.11 Å². The maximum Gasteiger partial charge on any atom is 0.146 e. The number of aliphatic hydroxyl groups is 4. The summed E-state index contributed by atoms with van der Waals surface area (Å²) in [4.78, 5) is 17.4. The molecular formula is C29H47NO5. The highest BCUT2D eigenvalue weighted by molar-refractivity contribution is 5.87. The summed E-state index contributed by atoms with van der Waals surface area (Å²) in [5, 5.41) is 40.8. The predicted molar refractivity (Wildman–Crippen MR) is 142 cm³/mol. The van der Waals surface area contributed by atoms with Crippen molar-refractivity contribution < 1.29 is 25.2 Å². The van der Waals surface area contributed by atoms with Crippen molar-refractivity contribution in [3.8, 4) is 0 Å². The molecule has 1 rings (SSSR count). The predicted octanol–water partition coefficient (Wildman–Crippen LogP) is 4.71. The Balaban J connectivity index is 2.59. The third kappa shape index (κ3) is 9.96. The molecule has 0 saturated carbocycles. The highest BCUT2D eigenvalue weighted by atomic mass is 16.3. The van der Waals surface area contributed by atoms with Gasteiger partial charge in [0.2, 0.25) is 0 Å². The fourth-order valence-electron chi connectivity index (χ4n) is 4.37. The molecule has 0 aliphatic rings. The molecule has 1 heterocycles. The van der Waals surface area contributed by atoms with Crippen LogP contribution in [-0.4, -0.2) is 56.1 Å². The molecule has 1 aromatic heterocycles. The summed E-state index contributed by atoms with van der Waals surface area (Å²) in [6, 6.07) is 5.68. The second kappa shape index (κ2) is 15.3. The molecule has 0 spiro atoms. The molecule has 5 atom stereocenters. The number of nitrogens with zero attached hydrogens (tertiary/aromatic N) is 1. The number of hydrogen-bond acceptors (Lipinski definition) is 6. The SMILES string of the molecule is CC[C@@H](C(=O)C(C)(C)[C@@H](O)CCO)[C@@H](O)[C@@H](C)CCC/C(C)=C/C[C@H](O)/C(C)=C/c1ccccn1. The number of carbonyl (C=O) groups is 1. The minimum Gasteiger partial charge on any atom is -0.396 e. The molecule has 6 nitrogen and oxygen atoms in total. The van der Waals surface area contributed by atoms with Crippen LogP contribution in [0.5, 0.6) is 0 Å². The quantitative estimate of drug-likeness (QED) is 0.250. The van der Waals surface area contributed by atoms with E-state index >= 15 is 0 Å². The van der Waals surface area contributed by atoms with E-state index in [1.54, 1.807) is 20.0 Å². The lowest BCUT2D eigenvalue weighted by atomic mass is 9.71. The molecule has 4 N–H and O–H groups in total. The van der Waals surface area contributed by atoms with Crippen molar-refractivity contribution in [2.45, 2.75) is 98.4 Å². The highest BCUT2D eigenvalue weighted by Gasteiger charge is 2.42. The molecule has 35 heavy (non-hydrogen) atoms. The van der Waals surface area contributed by atoms with Gasteiger partial charge in [-0.3, -0.25) is 9.78 Å². The molecule has 0 aliphatic carbocycles. The molecular weight excluding hydrogens is 442 g/mol. The van der Waals surface area contributed by atoms with Crippen LogP contribution in [-0.2, 0) is 4.79 Å². The van der Waals surface area contributed by atoms with Gasteiger partial charge in [0.15, 0.2) is 0 Å². The zero-order valence-electron chi connectivity index (χ0n) is 22.4. The average Bonchev–Trinajstić information content (AvgIpc) is 2.83. The fraction of sp³-hybridized carbons (Fsp3) is 0.655. The Morgan fingerprint density at radius 3 is 2.40 bits per heavy atom. The highest BCUT2D eigenvalue weighted by Crippen LogP contribution is 2.33. The Bertz CT molecular complexity index is 818. The first-order valence-corrected chi connectivity index (χ1v) is 12.9. The molecule has 0 aromatic carbocycles. The van der Waals surface area contributed by atoms with E-state index < -0.39 is 29.6 Å². The van der Waals surface area contributed by atoms with Crippen molar-refractivity contribution in [3.63, 3.8) is 0 Å². The largest absolute Gasteiger partial charge is 0.396 e. The number of pyridine rings is 1. The van der Waals surface area contributed by atoms with Crippen LogP contribution in [0.25, 0.3) is 6.08 Å². The van der Waals surface area contributed by atoms with Crippen molar-refractivity contribution >= 4 is 11.9 Å². The van der Waals surface area contributed by atoms with Gasteiger partial charge in [0, 0.05) is 24.1 Å². The molecule has 1 aromatic rings. The van der Waals surface area contributed by atoms with Crippen LogP contribution in [0.15, 0.2) is 41.6 Å². The van der Waals surface area contributed by atoms with Gasteiger partial charge in [-0.25, -0.2) is 0 Å². The number of allylic oxidation sites excluding steroid dienone is 1. The maximum absolute atomic E-state index is 13.1. The summed E-state index contributed by atoms with van der Waals surface area (Å²) in [6.45, 7) is 11.0. The minimum atomic E-state index is -1.02. The minimum absolute atomic E-state index is 0.0587. The van der Waals surface area contributed by atoms with Gasteiger partial charge in [-0.1, -0.05) is 45.4 Å². The summed E-state index contributed by atoms with van der Waals surface area (Å²) in [6.07, 6.45) is 7.09. The summed E-state index contributed by atoms with van der Waals surface area (Å²) in [5.41, 5.74) is 1.86. The third-order valence-corrected chi connectivity index (χ3v) is 7.15. The van der Waals surface area contributed by atoms with Gasteiger partial charge in [0.05, 0.1) is 24.0 Å².